The molecule has 0 fully saturated rings. The van der Waals surface area contributed by atoms with Crippen LogP contribution in [0.2, 0.25) is 0 Å². The molecule has 3 heterocycles. The number of carbonyl (C=O) groups is 1. The fraction of sp³-hybridized carbons (Fsp3) is 0.375. The van der Waals surface area contributed by atoms with Crippen molar-refractivity contribution >= 4 is 11.6 Å². The number of imidazole rings is 1. The zero-order chi connectivity index (χ0) is 18.9. The highest BCUT2D eigenvalue weighted by atomic mass is 19.4. The Morgan fingerprint density at radius 1 is 1.31 bits per heavy atom. The van der Waals surface area contributed by atoms with Crippen LogP contribution in [0.15, 0.2) is 30.7 Å². The largest absolute Gasteiger partial charge is 0.452 e. The third-order valence-electron chi connectivity index (χ3n) is 3.89. The molecule has 0 radical (unpaired) electrons. The molecule has 0 aliphatic rings. The average Bonchev–Trinajstić information content (AvgIpc) is 3.19. The second-order valence-corrected chi connectivity index (χ2v) is 5.89. The van der Waals surface area contributed by atoms with Crippen molar-refractivity contribution in [2.45, 2.75) is 39.0 Å². The molecule has 138 valence electrons. The maximum absolute atomic E-state index is 12.8. The molecule has 1 N–H and O–H groups in total. The lowest BCUT2D eigenvalue weighted by Crippen LogP contribution is -2.36. The lowest BCUT2D eigenvalue weighted by Gasteiger charge is -2.16. The maximum atomic E-state index is 12.8. The van der Waals surface area contributed by atoms with Crippen molar-refractivity contribution in [3.05, 3.63) is 47.9 Å². The van der Waals surface area contributed by atoms with Gasteiger partial charge < -0.3 is 9.88 Å². The van der Waals surface area contributed by atoms with Gasteiger partial charge in [0.1, 0.15) is 5.82 Å². The topological polar surface area (TPSA) is 77.1 Å². The van der Waals surface area contributed by atoms with E-state index in [-0.39, 0.29) is 17.3 Å². The van der Waals surface area contributed by atoms with Crippen LogP contribution >= 0.6 is 0 Å². The van der Waals surface area contributed by atoms with Crippen molar-refractivity contribution in [3.63, 3.8) is 0 Å². The molecule has 0 saturated heterocycles. The van der Waals surface area contributed by atoms with Gasteiger partial charge in [-0.1, -0.05) is 6.92 Å². The number of hydrogen-bond acceptors (Lipinski definition) is 4. The van der Waals surface area contributed by atoms with Crippen LogP contribution in [0.25, 0.3) is 5.65 Å². The molecule has 0 bridgehead atoms. The van der Waals surface area contributed by atoms with Crippen LogP contribution in [0, 0.1) is 0 Å². The summed E-state index contributed by atoms with van der Waals surface area (Å²) in [6.07, 6.45) is 0.842. The Bertz CT molecular complexity index is 930. The highest BCUT2D eigenvalue weighted by Gasteiger charge is 2.36. The number of hydrogen-bond donors (Lipinski definition) is 1. The van der Waals surface area contributed by atoms with E-state index in [2.05, 4.69) is 20.5 Å². The van der Waals surface area contributed by atoms with Gasteiger partial charge in [-0.2, -0.15) is 13.2 Å². The molecule has 7 nitrogen and oxygen atoms in total. The van der Waals surface area contributed by atoms with E-state index in [1.54, 1.807) is 6.20 Å². The molecular formula is C16H17F3N6O. The highest BCUT2D eigenvalue weighted by molar-refractivity contribution is 5.95. The van der Waals surface area contributed by atoms with Gasteiger partial charge in [-0.15, -0.1) is 10.2 Å². The summed E-state index contributed by atoms with van der Waals surface area (Å²) in [5.74, 6) is -0.606. The van der Waals surface area contributed by atoms with Crippen LogP contribution in [-0.2, 0) is 19.1 Å². The van der Waals surface area contributed by atoms with Crippen LogP contribution in [0.3, 0.4) is 0 Å². The van der Waals surface area contributed by atoms with Gasteiger partial charge in [0.25, 0.3) is 5.91 Å². The van der Waals surface area contributed by atoms with Gasteiger partial charge in [0, 0.05) is 43.2 Å². The zero-order valence-corrected chi connectivity index (χ0v) is 14.2. The molecule has 26 heavy (non-hydrogen) atoms. The summed E-state index contributed by atoms with van der Waals surface area (Å²) in [5.41, 5.74) is 0.173. The monoisotopic (exact) mass is 366 g/mol. The van der Waals surface area contributed by atoms with Crippen molar-refractivity contribution in [2.24, 2.45) is 0 Å². The zero-order valence-electron chi connectivity index (χ0n) is 14.2. The Morgan fingerprint density at radius 3 is 2.77 bits per heavy atom. The van der Waals surface area contributed by atoms with E-state index in [1.807, 2.05) is 24.6 Å². The lowest BCUT2D eigenvalue weighted by molar-refractivity contribution is -0.145. The van der Waals surface area contributed by atoms with E-state index >= 15 is 0 Å². The first-order valence-corrected chi connectivity index (χ1v) is 8.02. The Hall–Kier alpha value is -2.91. The Morgan fingerprint density at radius 2 is 2.08 bits per heavy atom. The summed E-state index contributed by atoms with van der Waals surface area (Å²) in [6.45, 7) is 4.38. The fourth-order valence-corrected chi connectivity index (χ4v) is 2.69. The van der Waals surface area contributed by atoms with Crippen molar-refractivity contribution in [2.75, 3.05) is 0 Å². The van der Waals surface area contributed by atoms with Crippen molar-refractivity contribution in [1.82, 2.24) is 29.5 Å². The SMILES string of the molecule is CCc1nccn1CC(C)NC(=O)c1ccn2c(C(F)(F)F)nnc2c1. The fourth-order valence-electron chi connectivity index (χ4n) is 2.69. The number of fused-ring (bicyclic) bond motifs is 1. The normalized spacial score (nSPS) is 13.1. The number of aryl methyl sites for hydroxylation is 1. The van der Waals surface area contributed by atoms with Gasteiger partial charge >= 0.3 is 6.18 Å². The predicted molar refractivity (Wildman–Crippen MR) is 86.5 cm³/mol. The minimum atomic E-state index is -4.61. The number of alkyl halides is 3. The molecule has 1 atom stereocenters. The average molecular weight is 366 g/mol. The molecule has 0 spiro atoms. The smallest absolute Gasteiger partial charge is 0.348 e. The summed E-state index contributed by atoms with van der Waals surface area (Å²) in [4.78, 5) is 16.6. The first-order chi connectivity index (χ1) is 12.3. The number of carbonyl (C=O) groups excluding carboxylic acids is 1. The minimum Gasteiger partial charge on any atom is -0.348 e. The number of nitrogens with zero attached hydrogens (tertiary/aromatic N) is 5. The summed E-state index contributed by atoms with van der Waals surface area (Å²) >= 11 is 0. The molecule has 0 aromatic carbocycles. The molecule has 1 amide bonds. The molecule has 10 heteroatoms. The third-order valence-corrected chi connectivity index (χ3v) is 3.89. The van der Waals surface area contributed by atoms with Crippen molar-refractivity contribution < 1.29 is 18.0 Å². The standard InChI is InChI=1S/C16H17F3N6O/c1-3-12-20-5-7-24(12)9-10(2)21-14(26)11-4-6-25-13(8-11)22-23-15(25)16(17,18)19/h4-8,10H,3,9H2,1-2H3,(H,21,26). The van der Waals surface area contributed by atoms with Gasteiger partial charge in [0.2, 0.25) is 5.82 Å². The molecule has 1 unspecified atom stereocenters. The second kappa shape index (κ2) is 6.77. The molecule has 3 aromatic rings. The quantitative estimate of drug-likeness (QED) is 0.752. The summed E-state index contributed by atoms with van der Waals surface area (Å²) in [5, 5.41) is 9.45. The predicted octanol–water partition coefficient (Wildman–Crippen LogP) is 2.33. The van der Waals surface area contributed by atoms with Crippen molar-refractivity contribution in [3.8, 4) is 0 Å². The molecule has 0 aliphatic heterocycles. The number of nitrogens with one attached hydrogen (secondary N) is 1. The van der Waals surface area contributed by atoms with E-state index in [0.717, 1.165) is 22.8 Å². The Balaban J connectivity index is 1.73. The van der Waals surface area contributed by atoms with Gasteiger partial charge in [0.05, 0.1) is 0 Å². The molecule has 3 rings (SSSR count). The molecule has 0 aliphatic carbocycles. The minimum absolute atomic E-state index is 0.0412. The second-order valence-electron chi connectivity index (χ2n) is 5.89. The molecular weight excluding hydrogens is 349 g/mol. The van der Waals surface area contributed by atoms with Gasteiger partial charge in [-0.25, -0.2) is 4.98 Å². The van der Waals surface area contributed by atoms with Crippen LogP contribution in [0.5, 0.6) is 0 Å². The molecule has 3 aromatic heterocycles. The first kappa shape index (κ1) is 17.9. The summed E-state index contributed by atoms with van der Waals surface area (Å²) in [7, 11) is 0. The number of pyridine rings is 1. The number of halogens is 3. The van der Waals surface area contributed by atoms with Crippen molar-refractivity contribution in [1.29, 1.82) is 0 Å². The first-order valence-electron chi connectivity index (χ1n) is 8.02. The van der Waals surface area contributed by atoms with Crippen LogP contribution in [0.4, 0.5) is 13.2 Å². The number of aromatic nitrogens is 5. The van der Waals surface area contributed by atoms with E-state index in [1.165, 1.54) is 12.1 Å². The van der Waals surface area contributed by atoms with Crippen LogP contribution in [-0.4, -0.2) is 36.1 Å². The van der Waals surface area contributed by atoms with E-state index < -0.39 is 17.9 Å². The lowest BCUT2D eigenvalue weighted by atomic mass is 10.2. The molecule has 0 saturated carbocycles. The Labute approximate surface area is 146 Å². The number of rotatable bonds is 5. The van der Waals surface area contributed by atoms with E-state index in [4.69, 9.17) is 0 Å². The van der Waals surface area contributed by atoms with Gasteiger partial charge in [0.15, 0.2) is 5.65 Å². The van der Waals surface area contributed by atoms with Crippen LogP contribution < -0.4 is 5.32 Å². The summed E-state index contributed by atoms with van der Waals surface area (Å²) < 4.78 is 41.2. The Kier molecular flexibility index (Phi) is 4.66. The maximum Gasteiger partial charge on any atom is 0.452 e. The summed E-state index contributed by atoms with van der Waals surface area (Å²) in [6, 6.07) is 2.39. The third kappa shape index (κ3) is 3.53. The highest BCUT2D eigenvalue weighted by Crippen LogP contribution is 2.27. The van der Waals surface area contributed by atoms with Crippen LogP contribution in [0.1, 0.15) is 35.9 Å². The van der Waals surface area contributed by atoms with Gasteiger partial charge in [-0.3, -0.25) is 9.20 Å². The van der Waals surface area contributed by atoms with E-state index in [9.17, 15) is 18.0 Å². The van der Waals surface area contributed by atoms with E-state index in [0.29, 0.717) is 6.54 Å². The van der Waals surface area contributed by atoms with Gasteiger partial charge in [-0.05, 0) is 19.1 Å². The number of amides is 1.